The average molecular weight is 458 g/mol. The molecule has 0 bridgehead atoms. The number of halogens is 1. The van der Waals surface area contributed by atoms with Crippen molar-refractivity contribution in [1.29, 1.82) is 0 Å². The second kappa shape index (κ2) is 9.57. The Labute approximate surface area is 197 Å². The van der Waals surface area contributed by atoms with Gasteiger partial charge in [-0.25, -0.2) is 0 Å². The number of carbonyl (C=O) groups excluding carboxylic acids is 1. The van der Waals surface area contributed by atoms with Gasteiger partial charge in [-0.15, -0.1) is 10.2 Å². The lowest BCUT2D eigenvalue weighted by molar-refractivity contribution is -0.117. The molecule has 5 rings (SSSR count). The number of para-hydroxylation sites is 1. The molecule has 2 heterocycles. The summed E-state index contributed by atoms with van der Waals surface area (Å²) in [5.41, 5.74) is 2.59. The first kappa shape index (κ1) is 21.4. The van der Waals surface area contributed by atoms with Crippen LogP contribution in [0.15, 0.2) is 78.9 Å². The van der Waals surface area contributed by atoms with Gasteiger partial charge in [0.2, 0.25) is 5.91 Å². The highest BCUT2D eigenvalue weighted by atomic mass is 35.5. The summed E-state index contributed by atoms with van der Waals surface area (Å²) in [6, 6.07) is 25.7. The molecule has 1 N–H and O–H groups in total. The molecule has 1 amide bonds. The first-order chi connectivity index (χ1) is 16.2. The predicted octanol–water partition coefficient (Wildman–Crippen LogP) is 4.71. The Hall–Kier alpha value is -3.48. The molecule has 1 saturated heterocycles. The van der Waals surface area contributed by atoms with Crippen molar-refractivity contribution < 1.29 is 4.79 Å². The summed E-state index contributed by atoms with van der Waals surface area (Å²) in [6.45, 7) is 3.43. The Morgan fingerprint density at radius 1 is 0.818 bits per heavy atom. The maximum Gasteiger partial charge on any atom is 0.238 e. The van der Waals surface area contributed by atoms with Gasteiger partial charge >= 0.3 is 0 Å². The molecule has 0 radical (unpaired) electrons. The first-order valence-electron chi connectivity index (χ1n) is 11.0. The van der Waals surface area contributed by atoms with Crippen molar-refractivity contribution >= 4 is 39.8 Å². The normalized spacial score (nSPS) is 14.4. The lowest BCUT2D eigenvalue weighted by Gasteiger charge is -2.35. The molecule has 0 saturated carbocycles. The summed E-state index contributed by atoms with van der Waals surface area (Å²) in [5.74, 6) is 0.833. The highest BCUT2D eigenvalue weighted by molar-refractivity contribution is 6.33. The minimum atomic E-state index is -0.0611. The van der Waals surface area contributed by atoms with Crippen LogP contribution in [0.2, 0.25) is 5.02 Å². The van der Waals surface area contributed by atoms with Crippen LogP contribution in [0, 0.1) is 0 Å². The van der Waals surface area contributed by atoms with Crippen LogP contribution < -0.4 is 10.2 Å². The van der Waals surface area contributed by atoms with Crippen molar-refractivity contribution in [2.75, 3.05) is 42.9 Å². The highest BCUT2D eigenvalue weighted by Gasteiger charge is 2.22. The molecule has 4 aromatic rings. The van der Waals surface area contributed by atoms with Crippen LogP contribution in [0.3, 0.4) is 0 Å². The molecule has 1 aliphatic rings. The number of hydrogen-bond donors (Lipinski definition) is 1. The lowest BCUT2D eigenvalue weighted by atomic mass is 10.0. The van der Waals surface area contributed by atoms with Crippen molar-refractivity contribution in [2.45, 2.75) is 0 Å². The number of piperazine rings is 1. The standard InChI is InChI=1S/C26H24ClN5O/c27-22-12-6-7-13-23(22)28-24(33)18-31-14-16-32(17-15-31)26-21-11-5-4-10-20(21)25(29-30-26)19-8-2-1-3-9-19/h1-13H,14-18H2,(H,28,33). The van der Waals surface area contributed by atoms with E-state index in [4.69, 9.17) is 11.6 Å². The Kier molecular flexibility index (Phi) is 6.19. The average Bonchev–Trinajstić information content (AvgIpc) is 2.86. The fourth-order valence-electron chi connectivity index (χ4n) is 4.21. The number of fused-ring (bicyclic) bond motifs is 1. The van der Waals surface area contributed by atoms with E-state index in [2.05, 4.69) is 49.6 Å². The van der Waals surface area contributed by atoms with Crippen LogP contribution in [0.5, 0.6) is 0 Å². The number of nitrogens with zero attached hydrogens (tertiary/aromatic N) is 4. The van der Waals surface area contributed by atoms with Crippen molar-refractivity contribution in [3.63, 3.8) is 0 Å². The molecule has 3 aromatic carbocycles. The minimum absolute atomic E-state index is 0.0611. The van der Waals surface area contributed by atoms with Gasteiger partial charge in [0.15, 0.2) is 5.82 Å². The number of amides is 1. The van der Waals surface area contributed by atoms with E-state index in [1.54, 1.807) is 12.1 Å². The van der Waals surface area contributed by atoms with Crippen LogP contribution in [0.4, 0.5) is 11.5 Å². The van der Waals surface area contributed by atoms with Crippen molar-refractivity contribution in [1.82, 2.24) is 15.1 Å². The molecule has 7 heteroatoms. The molecule has 166 valence electrons. The van der Waals surface area contributed by atoms with Crippen LogP contribution in [0.25, 0.3) is 22.0 Å². The van der Waals surface area contributed by atoms with E-state index in [0.717, 1.165) is 54.0 Å². The number of benzene rings is 3. The largest absolute Gasteiger partial charge is 0.352 e. The molecular formula is C26H24ClN5O. The number of carbonyl (C=O) groups is 1. The number of nitrogens with one attached hydrogen (secondary N) is 1. The van der Waals surface area contributed by atoms with Gasteiger partial charge in [-0.05, 0) is 12.1 Å². The van der Waals surface area contributed by atoms with E-state index in [-0.39, 0.29) is 5.91 Å². The van der Waals surface area contributed by atoms with Gasteiger partial charge in [0, 0.05) is 42.5 Å². The molecule has 33 heavy (non-hydrogen) atoms. The monoisotopic (exact) mass is 457 g/mol. The Morgan fingerprint density at radius 3 is 2.24 bits per heavy atom. The number of rotatable bonds is 5. The summed E-state index contributed by atoms with van der Waals surface area (Å²) in [4.78, 5) is 16.9. The van der Waals surface area contributed by atoms with Crippen molar-refractivity contribution in [2.24, 2.45) is 0 Å². The van der Waals surface area contributed by atoms with E-state index < -0.39 is 0 Å². The molecule has 1 aliphatic heterocycles. The molecule has 0 unspecified atom stereocenters. The van der Waals surface area contributed by atoms with E-state index in [0.29, 0.717) is 17.3 Å². The fraction of sp³-hybridized carbons (Fsp3) is 0.192. The maximum atomic E-state index is 12.5. The predicted molar refractivity (Wildman–Crippen MR) is 134 cm³/mol. The summed E-state index contributed by atoms with van der Waals surface area (Å²) >= 11 is 6.15. The fourth-order valence-corrected chi connectivity index (χ4v) is 4.39. The van der Waals surface area contributed by atoms with Gasteiger partial charge in [0.05, 0.1) is 17.3 Å². The maximum absolute atomic E-state index is 12.5. The zero-order chi connectivity index (χ0) is 22.6. The third kappa shape index (κ3) is 4.67. The van der Waals surface area contributed by atoms with E-state index >= 15 is 0 Å². The summed E-state index contributed by atoms with van der Waals surface area (Å²) in [5, 5.41) is 14.8. The molecule has 1 aromatic heterocycles. The second-order valence-corrected chi connectivity index (χ2v) is 8.48. The smallest absolute Gasteiger partial charge is 0.238 e. The highest BCUT2D eigenvalue weighted by Crippen LogP contribution is 2.31. The SMILES string of the molecule is O=C(CN1CCN(c2nnc(-c3ccccc3)c3ccccc23)CC1)Nc1ccccc1Cl. The van der Waals surface area contributed by atoms with Crippen LogP contribution in [-0.2, 0) is 4.79 Å². The van der Waals surface area contributed by atoms with E-state index in [1.165, 1.54) is 0 Å². The van der Waals surface area contributed by atoms with Crippen molar-refractivity contribution in [3.8, 4) is 11.3 Å². The molecule has 6 nitrogen and oxygen atoms in total. The van der Waals surface area contributed by atoms with Gasteiger partial charge in [0.25, 0.3) is 0 Å². The zero-order valence-electron chi connectivity index (χ0n) is 18.1. The van der Waals surface area contributed by atoms with E-state index in [9.17, 15) is 4.79 Å². The van der Waals surface area contributed by atoms with Crippen LogP contribution in [0.1, 0.15) is 0 Å². The summed E-state index contributed by atoms with van der Waals surface area (Å²) in [7, 11) is 0. The second-order valence-electron chi connectivity index (χ2n) is 8.08. The van der Waals surface area contributed by atoms with Crippen molar-refractivity contribution in [3.05, 3.63) is 83.9 Å². The molecule has 0 aliphatic carbocycles. The van der Waals surface area contributed by atoms with Gasteiger partial charge in [0.1, 0.15) is 5.69 Å². The molecule has 0 atom stereocenters. The summed E-state index contributed by atoms with van der Waals surface area (Å²) in [6.07, 6.45) is 0. The number of aromatic nitrogens is 2. The third-order valence-corrected chi connectivity index (χ3v) is 6.23. The zero-order valence-corrected chi connectivity index (χ0v) is 18.9. The third-order valence-electron chi connectivity index (χ3n) is 5.90. The number of anilines is 2. The van der Waals surface area contributed by atoms with Crippen LogP contribution >= 0.6 is 11.6 Å². The molecule has 0 spiro atoms. The lowest BCUT2D eigenvalue weighted by Crippen LogP contribution is -2.49. The van der Waals surface area contributed by atoms with E-state index in [1.807, 2.05) is 42.5 Å². The quantitative estimate of drug-likeness (QED) is 0.470. The van der Waals surface area contributed by atoms with Crippen LogP contribution in [-0.4, -0.2) is 53.7 Å². The Bertz CT molecular complexity index is 1270. The molecular weight excluding hydrogens is 434 g/mol. The molecule has 1 fully saturated rings. The number of hydrogen-bond acceptors (Lipinski definition) is 5. The van der Waals surface area contributed by atoms with Gasteiger partial charge in [-0.3, -0.25) is 9.69 Å². The van der Waals surface area contributed by atoms with Gasteiger partial charge < -0.3 is 10.2 Å². The summed E-state index contributed by atoms with van der Waals surface area (Å²) < 4.78 is 0. The van der Waals surface area contributed by atoms with Gasteiger partial charge in [-0.1, -0.05) is 78.3 Å². The van der Waals surface area contributed by atoms with Gasteiger partial charge in [-0.2, -0.15) is 0 Å². The Morgan fingerprint density at radius 2 is 1.48 bits per heavy atom. The minimum Gasteiger partial charge on any atom is -0.352 e. The first-order valence-corrected chi connectivity index (χ1v) is 11.4. The topological polar surface area (TPSA) is 61.4 Å². The Balaban J connectivity index is 1.28.